The Bertz CT molecular complexity index is 1000. The van der Waals surface area contributed by atoms with E-state index in [1.54, 1.807) is 0 Å². The van der Waals surface area contributed by atoms with Gasteiger partial charge in [-0.05, 0) is 25.2 Å². The summed E-state index contributed by atoms with van der Waals surface area (Å²) in [7, 11) is 2.04. The van der Waals surface area contributed by atoms with E-state index in [0.29, 0.717) is 11.2 Å². The Kier molecular flexibility index (Phi) is 4.57. The second-order valence-electron chi connectivity index (χ2n) is 6.57. The van der Waals surface area contributed by atoms with Gasteiger partial charge < -0.3 is 14.9 Å². The van der Waals surface area contributed by atoms with Crippen LogP contribution in [0.25, 0.3) is 22.0 Å². The van der Waals surface area contributed by atoms with Crippen molar-refractivity contribution in [2.24, 2.45) is 0 Å². The predicted octanol–water partition coefficient (Wildman–Crippen LogP) is 3.69. The van der Waals surface area contributed by atoms with Crippen LogP contribution in [0.2, 0.25) is 5.02 Å². The Morgan fingerprint density at radius 2 is 1.81 bits per heavy atom. The number of phenolic OH excluding ortho intramolecular Hbond substituents is 1. The Hall–Kier alpha value is -2.51. The van der Waals surface area contributed by atoms with Crippen LogP contribution in [0.3, 0.4) is 0 Å². The fourth-order valence-electron chi connectivity index (χ4n) is 3.38. The number of rotatable bonds is 2. The molecule has 27 heavy (non-hydrogen) atoms. The largest absolute Gasteiger partial charge is 0.507 e. The zero-order valence-corrected chi connectivity index (χ0v) is 15.3. The van der Waals surface area contributed by atoms with Gasteiger partial charge in [0.25, 0.3) is 0 Å². The SMILES string of the molecule is CN1CCN(c2ncnc3c(F)c(-c4c(O)cccc4F)c(Cl)cc23)CC1. The summed E-state index contributed by atoms with van der Waals surface area (Å²) < 4.78 is 29.6. The molecule has 3 aromatic rings. The molecule has 140 valence electrons. The van der Waals surface area contributed by atoms with E-state index in [1.807, 2.05) is 7.05 Å². The molecule has 2 aromatic carbocycles. The maximum Gasteiger partial charge on any atom is 0.159 e. The number of hydrogen-bond donors (Lipinski definition) is 1. The number of aromatic hydroxyl groups is 1. The Morgan fingerprint density at radius 1 is 1.07 bits per heavy atom. The summed E-state index contributed by atoms with van der Waals surface area (Å²) in [5.74, 6) is -1.33. The zero-order chi connectivity index (χ0) is 19.1. The molecular weight excluding hydrogens is 374 g/mol. The summed E-state index contributed by atoms with van der Waals surface area (Å²) in [6.07, 6.45) is 1.29. The molecule has 0 amide bonds. The van der Waals surface area contributed by atoms with Crippen molar-refractivity contribution >= 4 is 28.3 Å². The number of hydrogen-bond acceptors (Lipinski definition) is 5. The van der Waals surface area contributed by atoms with Crippen molar-refractivity contribution < 1.29 is 13.9 Å². The molecule has 1 aliphatic heterocycles. The number of nitrogens with zero attached hydrogens (tertiary/aromatic N) is 4. The zero-order valence-electron chi connectivity index (χ0n) is 14.6. The van der Waals surface area contributed by atoms with Gasteiger partial charge in [0.05, 0.1) is 10.6 Å². The summed E-state index contributed by atoms with van der Waals surface area (Å²) in [6, 6.07) is 5.31. The summed E-state index contributed by atoms with van der Waals surface area (Å²) in [5, 5.41) is 10.5. The molecule has 5 nitrogen and oxygen atoms in total. The lowest BCUT2D eigenvalue weighted by Gasteiger charge is -2.33. The van der Waals surface area contributed by atoms with Crippen LogP contribution in [0.1, 0.15) is 0 Å². The topological polar surface area (TPSA) is 52.5 Å². The molecule has 0 unspecified atom stereocenters. The first-order chi connectivity index (χ1) is 13.0. The monoisotopic (exact) mass is 390 g/mol. The number of benzene rings is 2. The molecule has 1 N–H and O–H groups in total. The molecule has 0 spiro atoms. The van der Waals surface area contributed by atoms with Crippen LogP contribution in [0.15, 0.2) is 30.6 Å². The number of fused-ring (bicyclic) bond motifs is 1. The quantitative estimate of drug-likeness (QED) is 0.723. The number of likely N-dealkylation sites (N-methyl/N-ethyl adjacent to an activating group) is 1. The van der Waals surface area contributed by atoms with E-state index in [4.69, 9.17) is 11.6 Å². The van der Waals surface area contributed by atoms with Gasteiger partial charge in [0.1, 0.15) is 29.2 Å². The maximum absolute atomic E-state index is 15.3. The summed E-state index contributed by atoms with van der Waals surface area (Å²) in [4.78, 5) is 12.6. The van der Waals surface area contributed by atoms with Crippen molar-refractivity contribution in [3.63, 3.8) is 0 Å². The van der Waals surface area contributed by atoms with Gasteiger partial charge in [0, 0.05) is 37.1 Å². The molecule has 1 fully saturated rings. The minimum atomic E-state index is -0.782. The highest BCUT2D eigenvalue weighted by atomic mass is 35.5. The normalized spacial score (nSPS) is 15.5. The van der Waals surface area contributed by atoms with E-state index in [2.05, 4.69) is 19.8 Å². The lowest BCUT2D eigenvalue weighted by molar-refractivity contribution is 0.312. The van der Waals surface area contributed by atoms with Crippen LogP contribution in [0.4, 0.5) is 14.6 Å². The number of phenols is 1. The maximum atomic E-state index is 15.3. The molecule has 0 aliphatic carbocycles. The molecule has 4 rings (SSSR count). The highest BCUT2D eigenvalue weighted by molar-refractivity contribution is 6.34. The molecule has 2 heterocycles. The van der Waals surface area contributed by atoms with E-state index >= 15 is 4.39 Å². The summed E-state index contributed by atoms with van der Waals surface area (Å²) >= 11 is 6.32. The van der Waals surface area contributed by atoms with Gasteiger partial charge >= 0.3 is 0 Å². The van der Waals surface area contributed by atoms with Crippen LogP contribution >= 0.6 is 11.6 Å². The van der Waals surface area contributed by atoms with E-state index in [9.17, 15) is 9.50 Å². The van der Waals surface area contributed by atoms with Gasteiger partial charge in [0.15, 0.2) is 5.82 Å². The first kappa shape index (κ1) is 17.9. The van der Waals surface area contributed by atoms with Crippen molar-refractivity contribution in [3.05, 3.63) is 47.2 Å². The predicted molar refractivity (Wildman–Crippen MR) is 101 cm³/mol. The minimum absolute atomic E-state index is 0.00872. The highest BCUT2D eigenvalue weighted by Gasteiger charge is 2.24. The number of halogens is 3. The molecule has 8 heteroatoms. The molecule has 0 radical (unpaired) electrons. The van der Waals surface area contributed by atoms with Crippen LogP contribution in [-0.4, -0.2) is 53.2 Å². The third-order valence-corrected chi connectivity index (χ3v) is 5.14. The molecule has 0 atom stereocenters. The van der Waals surface area contributed by atoms with Gasteiger partial charge in [-0.25, -0.2) is 18.7 Å². The number of anilines is 1. The van der Waals surface area contributed by atoms with E-state index < -0.39 is 11.6 Å². The van der Waals surface area contributed by atoms with Gasteiger partial charge in [-0.1, -0.05) is 17.7 Å². The first-order valence-electron chi connectivity index (χ1n) is 8.51. The molecule has 0 bridgehead atoms. The minimum Gasteiger partial charge on any atom is -0.507 e. The van der Waals surface area contributed by atoms with Crippen molar-refractivity contribution in [1.29, 1.82) is 0 Å². The summed E-state index contributed by atoms with van der Waals surface area (Å²) in [5.41, 5.74) is -0.439. The molecule has 0 saturated carbocycles. The summed E-state index contributed by atoms with van der Waals surface area (Å²) in [6.45, 7) is 3.22. The second-order valence-corrected chi connectivity index (χ2v) is 6.97. The lowest BCUT2D eigenvalue weighted by Crippen LogP contribution is -2.44. The van der Waals surface area contributed by atoms with Crippen LogP contribution in [0, 0.1) is 11.6 Å². The van der Waals surface area contributed by atoms with Crippen LogP contribution in [-0.2, 0) is 0 Å². The van der Waals surface area contributed by atoms with Crippen molar-refractivity contribution in [2.45, 2.75) is 0 Å². The Morgan fingerprint density at radius 3 is 2.52 bits per heavy atom. The second kappa shape index (κ2) is 6.90. The molecular formula is C19H17ClF2N4O. The van der Waals surface area contributed by atoms with Crippen LogP contribution in [0.5, 0.6) is 5.75 Å². The van der Waals surface area contributed by atoms with Gasteiger partial charge in [0.2, 0.25) is 0 Å². The van der Waals surface area contributed by atoms with Crippen molar-refractivity contribution in [2.75, 3.05) is 38.1 Å². The van der Waals surface area contributed by atoms with Gasteiger partial charge in [-0.3, -0.25) is 0 Å². The van der Waals surface area contributed by atoms with E-state index in [1.165, 1.54) is 24.5 Å². The Labute approximate surface area is 159 Å². The number of aromatic nitrogens is 2. The first-order valence-corrected chi connectivity index (χ1v) is 8.89. The van der Waals surface area contributed by atoms with Crippen LogP contribution < -0.4 is 4.90 Å². The lowest BCUT2D eigenvalue weighted by atomic mass is 10.0. The number of piperazine rings is 1. The molecule has 1 aromatic heterocycles. The average Bonchev–Trinajstić information content (AvgIpc) is 2.64. The van der Waals surface area contributed by atoms with E-state index in [-0.39, 0.29) is 27.4 Å². The smallest absolute Gasteiger partial charge is 0.159 e. The fraction of sp³-hybridized carbons (Fsp3) is 0.263. The standard InChI is InChI=1S/C19H17ClF2N4O/c1-25-5-7-26(8-6-25)19-11-9-12(20)15(17(22)18(11)23-10-24-19)16-13(21)3-2-4-14(16)27/h2-4,9-10,27H,5-8H2,1H3. The van der Waals surface area contributed by atoms with Crippen molar-refractivity contribution in [3.8, 4) is 16.9 Å². The Balaban J connectivity index is 1.91. The third-order valence-electron chi connectivity index (χ3n) is 4.84. The van der Waals surface area contributed by atoms with Crippen molar-refractivity contribution in [1.82, 2.24) is 14.9 Å². The molecule has 1 aliphatic rings. The van der Waals surface area contributed by atoms with Gasteiger partial charge in [-0.15, -0.1) is 0 Å². The van der Waals surface area contributed by atoms with Gasteiger partial charge in [-0.2, -0.15) is 0 Å². The fourth-order valence-corrected chi connectivity index (χ4v) is 3.66. The average molecular weight is 391 g/mol. The highest BCUT2D eigenvalue weighted by Crippen LogP contribution is 2.41. The molecule has 1 saturated heterocycles. The third kappa shape index (κ3) is 3.07. The van der Waals surface area contributed by atoms with E-state index in [0.717, 1.165) is 32.2 Å².